The van der Waals surface area contributed by atoms with Crippen LogP contribution in [0, 0.1) is 11.8 Å². The molecule has 0 saturated carbocycles. The minimum absolute atomic E-state index is 0.562. The summed E-state index contributed by atoms with van der Waals surface area (Å²) in [5.41, 5.74) is 1.20. The second-order valence-electron chi connectivity index (χ2n) is 4.80. The molecule has 1 N–H and O–H groups in total. The molecule has 0 atom stereocenters. The summed E-state index contributed by atoms with van der Waals surface area (Å²) in [6, 6.07) is 8.08. The fraction of sp³-hybridized carbons (Fsp3) is 0.400. The van der Waals surface area contributed by atoms with Gasteiger partial charge in [-0.1, -0.05) is 24.0 Å². The second-order valence-corrected chi connectivity index (χ2v) is 4.80. The van der Waals surface area contributed by atoms with Crippen molar-refractivity contribution in [1.82, 2.24) is 9.55 Å². The molecule has 0 amide bonds. The standard InChI is InChI=1S/C15H18N2O/c1-4-17-13-9-6-5-8-12(13)16-14(17)10-7-11-15(2,3)18/h5-6,8-9,18H,4,10H2,1-3H3. The molecule has 0 aliphatic rings. The van der Waals surface area contributed by atoms with E-state index in [9.17, 15) is 5.11 Å². The van der Waals surface area contributed by atoms with Gasteiger partial charge in [0.05, 0.1) is 17.5 Å². The Morgan fingerprint density at radius 3 is 2.72 bits per heavy atom. The number of benzene rings is 1. The molecule has 0 spiro atoms. The average Bonchev–Trinajstić information content (AvgIpc) is 2.64. The molecule has 3 heteroatoms. The Labute approximate surface area is 107 Å². The summed E-state index contributed by atoms with van der Waals surface area (Å²) in [7, 11) is 0. The van der Waals surface area contributed by atoms with Gasteiger partial charge in [-0.2, -0.15) is 0 Å². The van der Waals surface area contributed by atoms with Crippen LogP contribution >= 0.6 is 0 Å². The van der Waals surface area contributed by atoms with Crippen molar-refractivity contribution in [3.63, 3.8) is 0 Å². The summed E-state index contributed by atoms with van der Waals surface area (Å²) < 4.78 is 2.16. The van der Waals surface area contributed by atoms with E-state index in [1.165, 1.54) is 0 Å². The molecule has 0 fully saturated rings. The molecule has 3 nitrogen and oxygen atoms in total. The molecular formula is C15H18N2O. The summed E-state index contributed by atoms with van der Waals surface area (Å²) in [4.78, 5) is 4.58. The van der Waals surface area contributed by atoms with E-state index in [1.54, 1.807) is 13.8 Å². The number of fused-ring (bicyclic) bond motifs is 1. The van der Waals surface area contributed by atoms with Crippen LogP contribution < -0.4 is 0 Å². The molecule has 0 aliphatic carbocycles. The van der Waals surface area contributed by atoms with Crippen LogP contribution in [0.25, 0.3) is 11.0 Å². The number of hydrogen-bond acceptors (Lipinski definition) is 2. The van der Waals surface area contributed by atoms with Crippen molar-refractivity contribution in [2.75, 3.05) is 0 Å². The van der Waals surface area contributed by atoms with E-state index in [2.05, 4.69) is 34.4 Å². The predicted molar refractivity (Wildman–Crippen MR) is 73.2 cm³/mol. The fourth-order valence-electron chi connectivity index (χ4n) is 1.95. The van der Waals surface area contributed by atoms with Gasteiger partial charge in [-0.15, -0.1) is 0 Å². The van der Waals surface area contributed by atoms with Crippen LogP contribution in [0.2, 0.25) is 0 Å². The largest absolute Gasteiger partial charge is 0.378 e. The van der Waals surface area contributed by atoms with Gasteiger partial charge in [-0.3, -0.25) is 0 Å². The maximum atomic E-state index is 9.56. The van der Waals surface area contributed by atoms with Crippen LogP contribution in [0.4, 0.5) is 0 Å². The highest BCUT2D eigenvalue weighted by molar-refractivity contribution is 5.75. The molecule has 18 heavy (non-hydrogen) atoms. The number of hydrogen-bond donors (Lipinski definition) is 1. The second kappa shape index (κ2) is 4.83. The van der Waals surface area contributed by atoms with E-state index >= 15 is 0 Å². The molecule has 2 aromatic rings. The molecule has 1 aromatic heterocycles. The molecule has 0 radical (unpaired) electrons. The molecule has 0 aliphatic heterocycles. The number of aryl methyl sites for hydroxylation is 1. The van der Waals surface area contributed by atoms with Crippen molar-refractivity contribution in [2.24, 2.45) is 0 Å². The zero-order chi connectivity index (χ0) is 13.2. The lowest BCUT2D eigenvalue weighted by atomic mass is 10.1. The summed E-state index contributed by atoms with van der Waals surface area (Å²) >= 11 is 0. The van der Waals surface area contributed by atoms with Gasteiger partial charge >= 0.3 is 0 Å². The van der Waals surface area contributed by atoms with Gasteiger partial charge in [0.2, 0.25) is 0 Å². The Kier molecular flexibility index (Phi) is 3.40. The third-order valence-corrected chi connectivity index (χ3v) is 2.69. The van der Waals surface area contributed by atoms with Crippen LogP contribution in [0.1, 0.15) is 26.6 Å². The van der Waals surface area contributed by atoms with Crippen LogP contribution in [0.5, 0.6) is 0 Å². The van der Waals surface area contributed by atoms with Gasteiger partial charge in [0, 0.05) is 6.54 Å². The lowest BCUT2D eigenvalue weighted by molar-refractivity contribution is 0.143. The highest BCUT2D eigenvalue weighted by atomic mass is 16.3. The Morgan fingerprint density at radius 1 is 1.33 bits per heavy atom. The smallest absolute Gasteiger partial charge is 0.121 e. The van der Waals surface area contributed by atoms with E-state index in [-0.39, 0.29) is 0 Å². The maximum absolute atomic E-state index is 9.56. The number of aliphatic hydroxyl groups is 1. The van der Waals surface area contributed by atoms with E-state index in [1.807, 2.05) is 18.2 Å². The number of para-hydroxylation sites is 2. The SMILES string of the molecule is CCn1c(CC#CC(C)(C)O)nc2ccccc21. The first-order valence-corrected chi connectivity index (χ1v) is 6.18. The van der Waals surface area contributed by atoms with Crippen molar-refractivity contribution in [2.45, 2.75) is 39.3 Å². The van der Waals surface area contributed by atoms with Crippen molar-refractivity contribution in [3.8, 4) is 11.8 Å². The number of nitrogens with zero attached hydrogens (tertiary/aromatic N) is 2. The monoisotopic (exact) mass is 242 g/mol. The molecule has 0 bridgehead atoms. The Morgan fingerprint density at radius 2 is 2.06 bits per heavy atom. The van der Waals surface area contributed by atoms with E-state index in [0.29, 0.717) is 6.42 Å². The Bertz CT molecular complexity index is 609. The first-order chi connectivity index (χ1) is 8.51. The quantitative estimate of drug-likeness (QED) is 0.821. The normalized spacial score (nSPS) is 11.3. The first kappa shape index (κ1) is 12.7. The van der Waals surface area contributed by atoms with Crippen LogP contribution in [-0.4, -0.2) is 20.3 Å². The summed E-state index contributed by atoms with van der Waals surface area (Å²) in [5, 5.41) is 9.56. The number of rotatable bonds is 2. The first-order valence-electron chi connectivity index (χ1n) is 6.18. The lowest BCUT2D eigenvalue weighted by Gasteiger charge is -2.06. The summed E-state index contributed by atoms with van der Waals surface area (Å²) in [6.07, 6.45) is 0.562. The zero-order valence-electron chi connectivity index (χ0n) is 11.1. The van der Waals surface area contributed by atoms with Gasteiger partial charge < -0.3 is 9.67 Å². The number of imidazole rings is 1. The Hall–Kier alpha value is -1.79. The van der Waals surface area contributed by atoms with Crippen LogP contribution in [0.15, 0.2) is 24.3 Å². The van der Waals surface area contributed by atoms with Crippen molar-refractivity contribution < 1.29 is 5.11 Å². The van der Waals surface area contributed by atoms with Crippen LogP contribution in [-0.2, 0) is 13.0 Å². The van der Waals surface area contributed by atoms with Crippen molar-refractivity contribution in [1.29, 1.82) is 0 Å². The lowest BCUT2D eigenvalue weighted by Crippen LogP contribution is -2.14. The minimum atomic E-state index is -0.941. The van der Waals surface area contributed by atoms with Gasteiger partial charge in [0.25, 0.3) is 0 Å². The van der Waals surface area contributed by atoms with Crippen molar-refractivity contribution >= 4 is 11.0 Å². The predicted octanol–water partition coefficient (Wildman–Crippen LogP) is 2.37. The van der Waals surface area contributed by atoms with Gasteiger partial charge in [-0.25, -0.2) is 4.98 Å². The highest BCUT2D eigenvalue weighted by Gasteiger charge is 2.09. The van der Waals surface area contributed by atoms with Gasteiger partial charge in [0.15, 0.2) is 0 Å². The molecular weight excluding hydrogens is 224 g/mol. The molecule has 2 rings (SSSR count). The van der Waals surface area contributed by atoms with Gasteiger partial charge in [-0.05, 0) is 32.9 Å². The molecule has 94 valence electrons. The average molecular weight is 242 g/mol. The molecule has 0 saturated heterocycles. The zero-order valence-corrected chi connectivity index (χ0v) is 11.1. The number of aromatic nitrogens is 2. The minimum Gasteiger partial charge on any atom is -0.378 e. The van der Waals surface area contributed by atoms with Gasteiger partial charge in [0.1, 0.15) is 11.4 Å². The summed E-state index contributed by atoms with van der Waals surface area (Å²) in [5.74, 6) is 6.77. The summed E-state index contributed by atoms with van der Waals surface area (Å²) in [6.45, 7) is 6.34. The third kappa shape index (κ3) is 2.72. The van der Waals surface area contributed by atoms with E-state index in [4.69, 9.17) is 0 Å². The van der Waals surface area contributed by atoms with Crippen molar-refractivity contribution in [3.05, 3.63) is 30.1 Å². The fourth-order valence-corrected chi connectivity index (χ4v) is 1.95. The maximum Gasteiger partial charge on any atom is 0.121 e. The Balaban J connectivity index is 2.35. The molecule has 1 aromatic carbocycles. The van der Waals surface area contributed by atoms with E-state index in [0.717, 1.165) is 23.4 Å². The molecule has 1 heterocycles. The molecule has 0 unspecified atom stereocenters. The highest BCUT2D eigenvalue weighted by Crippen LogP contribution is 2.16. The van der Waals surface area contributed by atoms with Crippen LogP contribution in [0.3, 0.4) is 0 Å². The van der Waals surface area contributed by atoms with E-state index < -0.39 is 5.60 Å². The third-order valence-electron chi connectivity index (χ3n) is 2.69. The topological polar surface area (TPSA) is 38.0 Å².